The van der Waals surface area contributed by atoms with Crippen LogP contribution in [0.3, 0.4) is 0 Å². The van der Waals surface area contributed by atoms with Crippen molar-refractivity contribution in [3.8, 4) is 23.0 Å². The van der Waals surface area contributed by atoms with Gasteiger partial charge in [0.15, 0.2) is 0 Å². The van der Waals surface area contributed by atoms with Gasteiger partial charge in [-0.2, -0.15) is 20.5 Å². The van der Waals surface area contributed by atoms with E-state index in [9.17, 15) is 10.2 Å². The summed E-state index contributed by atoms with van der Waals surface area (Å²) >= 11 is 0. The first-order chi connectivity index (χ1) is 37.7. The summed E-state index contributed by atoms with van der Waals surface area (Å²) in [4.78, 5) is 0. The molecule has 0 saturated heterocycles. The van der Waals surface area contributed by atoms with Crippen molar-refractivity contribution < 1.29 is 19.7 Å². The lowest BCUT2D eigenvalue weighted by molar-refractivity contribution is 0.300. The first kappa shape index (κ1) is 56.9. The van der Waals surface area contributed by atoms with E-state index in [4.69, 9.17) is 9.47 Å². The SMILES string of the molecule is Cc1ccc(N=Nc2ccc(COc3c4cc(C(C)(C)C)cc3Cc3cc(C(C)(C)C)cc(c3O)Cc3cc(C(C)(C)C)cc(c3OCc3ccc(N=Nc5ccc(C)cc5)cc3)Cc3cc(C(C)(C)C)cc(c3O)C4)cc2)cc1. The molecule has 0 amide bonds. The lowest BCUT2D eigenvalue weighted by atomic mass is 9.79. The molecule has 0 fully saturated rings. The quantitative estimate of drug-likeness (QED) is 0.133. The van der Waals surface area contributed by atoms with Crippen LogP contribution in [0.4, 0.5) is 22.7 Å². The number of ether oxygens (including phenoxy) is 2. The third-order valence-corrected chi connectivity index (χ3v) is 15.3. The summed E-state index contributed by atoms with van der Waals surface area (Å²) in [6.45, 7) is 31.5. The molecule has 0 spiro atoms. The third-order valence-electron chi connectivity index (χ3n) is 15.3. The summed E-state index contributed by atoms with van der Waals surface area (Å²) in [5, 5.41) is 43.7. The van der Waals surface area contributed by atoms with E-state index in [1.165, 1.54) is 11.1 Å². The first-order valence-electron chi connectivity index (χ1n) is 28.2. The minimum absolute atomic E-state index is 0.231. The van der Waals surface area contributed by atoms with Crippen molar-refractivity contribution in [2.24, 2.45) is 20.5 Å². The number of nitrogens with zero attached hydrogens (tertiary/aromatic N) is 4. The Labute approximate surface area is 475 Å². The summed E-state index contributed by atoms with van der Waals surface area (Å²) in [5.41, 5.74) is 18.1. The van der Waals surface area contributed by atoms with Crippen LogP contribution < -0.4 is 9.47 Å². The van der Waals surface area contributed by atoms with E-state index in [0.29, 0.717) is 38.9 Å². The molecule has 0 saturated carbocycles. The number of aryl methyl sites for hydroxylation is 2. The summed E-state index contributed by atoms with van der Waals surface area (Å²) in [6.07, 6.45) is 1.63. The smallest absolute Gasteiger partial charge is 0.126 e. The van der Waals surface area contributed by atoms with Crippen LogP contribution >= 0.6 is 0 Å². The molecule has 8 bridgehead atoms. The van der Waals surface area contributed by atoms with Crippen LogP contribution in [0, 0.1) is 13.8 Å². The Bertz CT molecular complexity index is 3250. The zero-order chi connectivity index (χ0) is 57.3. The Kier molecular flexibility index (Phi) is 16.2. The minimum Gasteiger partial charge on any atom is -0.507 e. The maximum absolute atomic E-state index is 12.9. The van der Waals surface area contributed by atoms with Crippen molar-refractivity contribution in [2.75, 3.05) is 0 Å². The molecule has 0 heterocycles. The summed E-state index contributed by atoms with van der Waals surface area (Å²) in [6, 6.07) is 49.8. The minimum atomic E-state index is -0.240. The van der Waals surface area contributed by atoms with E-state index in [1.54, 1.807) is 0 Å². The second-order valence-electron chi connectivity index (χ2n) is 26.2. The van der Waals surface area contributed by atoms with Gasteiger partial charge in [-0.25, -0.2) is 0 Å². The van der Waals surface area contributed by atoms with Crippen molar-refractivity contribution in [2.45, 2.75) is 157 Å². The molecule has 8 aromatic rings. The molecule has 80 heavy (non-hydrogen) atoms. The molecular weight excluding hydrogens is 985 g/mol. The second-order valence-corrected chi connectivity index (χ2v) is 26.2. The van der Waals surface area contributed by atoms with Crippen LogP contribution in [0.2, 0.25) is 0 Å². The summed E-state index contributed by atoms with van der Waals surface area (Å²) in [7, 11) is 0. The van der Waals surface area contributed by atoms with Gasteiger partial charge in [-0.05, 0) is 162 Å². The fourth-order valence-electron chi connectivity index (χ4n) is 10.1. The highest BCUT2D eigenvalue weighted by Crippen LogP contribution is 2.44. The molecular formula is C72H80N4O4. The molecule has 2 N–H and O–H groups in total. The van der Waals surface area contributed by atoms with E-state index < -0.39 is 0 Å². The van der Waals surface area contributed by atoms with Gasteiger partial charge >= 0.3 is 0 Å². The highest BCUT2D eigenvalue weighted by Gasteiger charge is 2.29. The van der Waals surface area contributed by atoms with E-state index in [2.05, 4.69) is 166 Å². The fourth-order valence-corrected chi connectivity index (χ4v) is 10.1. The Morgan fingerprint density at radius 1 is 0.325 bits per heavy atom. The van der Waals surface area contributed by atoms with E-state index >= 15 is 0 Å². The number of fused-ring (bicyclic) bond motifs is 8. The van der Waals surface area contributed by atoms with Crippen molar-refractivity contribution in [3.63, 3.8) is 0 Å². The number of phenolic OH excluding ortho intramolecular Hbond substituents is 2. The van der Waals surface area contributed by atoms with Crippen molar-refractivity contribution in [1.29, 1.82) is 0 Å². The number of azo groups is 2. The Morgan fingerprint density at radius 3 is 0.762 bits per heavy atom. The largest absolute Gasteiger partial charge is 0.507 e. The Morgan fingerprint density at radius 2 is 0.537 bits per heavy atom. The lowest BCUT2D eigenvalue weighted by Gasteiger charge is -2.28. The average molecular weight is 1070 g/mol. The molecule has 9 rings (SSSR count). The molecule has 8 aromatic carbocycles. The van der Waals surface area contributed by atoms with Crippen LogP contribution in [-0.4, -0.2) is 10.2 Å². The normalized spacial score (nSPS) is 13.3. The highest BCUT2D eigenvalue weighted by molar-refractivity contribution is 5.60. The molecule has 412 valence electrons. The Balaban J connectivity index is 1.19. The maximum Gasteiger partial charge on any atom is 0.126 e. The van der Waals surface area contributed by atoms with Gasteiger partial charge in [0, 0.05) is 25.7 Å². The van der Waals surface area contributed by atoms with Gasteiger partial charge < -0.3 is 19.7 Å². The molecule has 8 heteroatoms. The maximum atomic E-state index is 12.9. The number of benzene rings is 8. The molecule has 8 nitrogen and oxygen atoms in total. The monoisotopic (exact) mass is 1060 g/mol. The lowest BCUT2D eigenvalue weighted by Crippen LogP contribution is -2.16. The summed E-state index contributed by atoms with van der Waals surface area (Å²) in [5.74, 6) is 2.01. The molecule has 0 radical (unpaired) electrons. The summed E-state index contributed by atoms with van der Waals surface area (Å²) < 4.78 is 14.2. The van der Waals surface area contributed by atoms with Crippen LogP contribution in [-0.2, 0) is 60.6 Å². The van der Waals surface area contributed by atoms with Gasteiger partial charge in [0.05, 0.1) is 22.7 Å². The number of hydrogen-bond donors (Lipinski definition) is 2. The fraction of sp³-hybridized carbons (Fsp3) is 0.333. The molecule has 1 aliphatic carbocycles. The van der Waals surface area contributed by atoms with Crippen molar-refractivity contribution in [3.05, 3.63) is 235 Å². The van der Waals surface area contributed by atoms with Gasteiger partial charge in [-0.15, -0.1) is 0 Å². The van der Waals surface area contributed by atoms with E-state index in [-0.39, 0.29) is 33.2 Å². The van der Waals surface area contributed by atoms with Gasteiger partial charge in [0.2, 0.25) is 0 Å². The van der Waals surface area contributed by atoms with Crippen LogP contribution in [0.5, 0.6) is 23.0 Å². The second kappa shape index (κ2) is 22.7. The average Bonchev–Trinajstić information content (AvgIpc) is 3.40. The molecule has 0 aromatic heterocycles. The van der Waals surface area contributed by atoms with Crippen molar-refractivity contribution in [1.82, 2.24) is 0 Å². The zero-order valence-corrected chi connectivity index (χ0v) is 49.6. The number of aromatic hydroxyl groups is 2. The van der Waals surface area contributed by atoms with Crippen LogP contribution in [0.25, 0.3) is 0 Å². The Hall–Kier alpha value is -7.84. The van der Waals surface area contributed by atoms with Gasteiger partial charge in [0.25, 0.3) is 0 Å². The topological polar surface area (TPSA) is 108 Å². The number of rotatable bonds is 10. The first-order valence-corrected chi connectivity index (χ1v) is 28.2. The van der Waals surface area contributed by atoms with Crippen LogP contribution in [0.15, 0.2) is 166 Å². The van der Waals surface area contributed by atoms with E-state index in [1.807, 2.05) is 97.1 Å². The van der Waals surface area contributed by atoms with Crippen molar-refractivity contribution >= 4 is 22.7 Å². The molecule has 0 unspecified atom stereocenters. The molecule has 0 atom stereocenters. The van der Waals surface area contributed by atoms with E-state index in [0.717, 1.165) is 112 Å². The standard InChI is InChI=1S/C72H80N4O4/c1-45-15-23-61(24-16-45)73-75-63-27-19-47(20-28-63)43-79-67-53-31-49-35-57(69(3,4)5)37-51(65(49)77)33-55-41-60(72(12,13)14)42-56(68(55)80-44-48-21-29-64(30-22-48)76-74-62-25-17-46(2)18-26-62)34-52-38-58(70(6,7)8)36-50(66(52)78)32-54(67)40-59(39-53)71(9,10)11/h15-30,35-42,77-78H,31-34,43-44H2,1-14H3. The predicted octanol–water partition coefficient (Wildman–Crippen LogP) is 19.6. The number of phenols is 2. The molecule has 0 aliphatic heterocycles. The highest BCUT2D eigenvalue weighted by atomic mass is 16.5. The van der Waals surface area contributed by atoms with Gasteiger partial charge in [0.1, 0.15) is 36.2 Å². The third kappa shape index (κ3) is 13.8. The predicted molar refractivity (Wildman–Crippen MR) is 327 cm³/mol. The number of hydrogen-bond acceptors (Lipinski definition) is 8. The van der Waals surface area contributed by atoms with Crippen LogP contribution in [0.1, 0.15) is 172 Å². The zero-order valence-electron chi connectivity index (χ0n) is 49.6. The van der Waals surface area contributed by atoms with Gasteiger partial charge in [-0.3, -0.25) is 0 Å². The molecule has 1 aliphatic rings. The van der Waals surface area contributed by atoms with Gasteiger partial charge in [-0.1, -0.05) is 191 Å².